The van der Waals surface area contributed by atoms with E-state index >= 15 is 0 Å². The van der Waals surface area contributed by atoms with Crippen molar-refractivity contribution in [2.45, 2.75) is 33.1 Å². The molecule has 0 spiro atoms. The van der Waals surface area contributed by atoms with Crippen LogP contribution >= 0.6 is 0 Å². The average molecular weight is 267 g/mol. The summed E-state index contributed by atoms with van der Waals surface area (Å²) < 4.78 is 1.65. The van der Waals surface area contributed by atoms with E-state index in [9.17, 15) is 4.79 Å². The number of nitrogens with zero attached hydrogens (tertiary/aromatic N) is 3. The van der Waals surface area contributed by atoms with Gasteiger partial charge in [-0.25, -0.2) is 0 Å². The van der Waals surface area contributed by atoms with Crippen molar-refractivity contribution in [3.8, 4) is 0 Å². The molecule has 0 saturated heterocycles. The van der Waals surface area contributed by atoms with Gasteiger partial charge in [0.2, 0.25) is 5.91 Å². The summed E-state index contributed by atoms with van der Waals surface area (Å²) >= 11 is 0. The third-order valence-electron chi connectivity index (χ3n) is 2.86. The smallest absolute Gasteiger partial charge is 0.235 e. The van der Waals surface area contributed by atoms with Crippen LogP contribution in [0.25, 0.3) is 0 Å². The van der Waals surface area contributed by atoms with E-state index in [1.807, 2.05) is 13.8 Å². The van der Waals surface area contributed by atoms with Gasteiger partial charge in [-0.05, 0) is 12.8 Å². The van der Waals surface area contributed by atoms with Crippen LogP contribution in [0.4, 0.5) is 5.69 Å². The second kappa shape index (κ2) is 6.77. The number of oxime groups is 1. The first-order chi connectivity index (χ1) is 9.03. The van der Waals surface area contributed by atoms with Gasteiger partial charge in [0, 0.05) is 13.2 Å². The second-order valence-electron chi connectivity index (χ2n) is 4.37. The zero-order valence-electron chi connectivity index (χ0n) is 11.6. The molecule has 7 heteroatoms. The van der Waals surface area contributed by atoms with Gasteiger partial charge in [-0.2, -0.15) is 5.10 Å². The Hall–Kier alpha value is -2.05. The van der Waals surface area contributed by atoms with Gasteiger partial charge in [-0.15, -0.1) is 0 Å². The number of hydrogen-bond acceptors (Lipinski definition) is 4. The first-order valence-electron chi connectivity index (χ1n) is 6.34. The van der Waals surface area contributed by atoms with Gasteiger partial charge in [0.05, 0.1) is 17.3 Å². The van der Waals surface area contributed by atoms with Gasteiger partial charge in [0.25, 0.3) is 0 Å². The Morgan fingerprint density at radius 2 is 2.32 bits per heavy atom. The molecule has 1 heterocycles. The molecule has 1 amide bonds. The number of aromatic nitrogens is 2. The van der Waals surface area contributed by atoms with Crippen LogP contribution in [0, 0.1) is 5.92 Å². The number of carbonyl (C=O) groups excluding carboxylic acids is 1. The lowest BCUT2D eigenvalue weighted by Gasteiger charge is -2.14. The lowest BCUT2D eigenvalue weighted by atomic mass is 10.0. The third kappa shape index (κ3) is 3.70. The summed E-state index contributed by atoms with van der Waals surface area (Å²) in [5.41, 5.74) is 7.03. The Morgan fingerprint density at radius 1 is 1.63 bits per heavy atom. The van der Waals surface area contributed by atoms with Gasteiger partial charge in [0.1, 0.15) is 0 Å². The van der Waals surface area contributed by atoms with E-state index in [-0.39, 0.29) is 11.7 Å². The summed E-state index contributed by atoms with van der Waals surface area (Å²) in [7, 11) is 1.79. The topological polar surface area (TPSA) is 106 Å². The number of nitrogens with one attached hydrogen (secondary N) is 1. The van der Waals surface area contributed by atoms with Crippen LogP contribution < -0.4 is 11.1 Å². The fourth-order valence-corrected chi connectivity index (χ4v) is 1.89. The van der Waals surface area contributed by atoms with E-state index in [2.05, 4.69) is 15.6 Å². The van der Waals surface area contributed by atoms with Crippen molar-refractivity contribution in [3.63, 3.8) is 0 Å². The monoisotopic (exact) mass is 267 g/mol. The summed E-state index contributed by atoms with van der Waals surface area (Å²) in [4.78, 5) is 12.2. The number of anilines is 1. The van der Waals surface area contributed by atoms with Crippen LogP contribution in [0.5, 0.6) is 0 Å². The molecular weight excluding hydrogens is 246 g/mol. The van der Waals surface area contributed by atoms with Gasteiger partial charge in [0.15, 0.2) is 5.84 Å². The van der Waals surface area contributed by atoms with E-state index in [1.54, 1.807) is 17.9 Å². The zero-order chi connectivity index (χ0) is 14.4. The summed E-state index contributed by atoms with van der Waals surface area (Å²) in [5.74, 6) is -0.971. The van der Waals surface area contributed by atoms with Crippen molar-refractivity contribution in [2.75, 3.05) is 5.32 Å². The SMILES string of the molecule is CCCC(C(=O)Nc1cn(C)nc1CC)C(N)=NO. The number of rotatable bonds is 6. The summed E-state index contributed by atoms with van der Waals surface area (Å²) in [6.07, 6.45) is 3.76. The maximum atomic E-state index is 12.2. The Bertz CT molecular complexity index is 467. The fourth-order valence-electron chi connectivity index (χ4n) is 1.89. The molecule has 1 aromatic heterocycles. The molecule has 0 fully saturated rings. The molecule has 1 atom stereocenters. The Labute approximate surface area is 112 Å². The lowest BCUT2D eigenvalue weighted by molar-refractivity contribution is -0.118. The minimum absolute atomic E-state index is 0.0683. The van der Waals surface area contributed by atoms with Crippen molar-refractivity contribution in [2.24, 2.45) is 23.9 Å². The highest BCUT2D eigenvalue weighted by Gasteiger charge is 2.23. The summed E-state index contributed by atoms with van der Waals surface area (Å²) in [6.45, 7) is 3.90. The molecule has 0 aliphatic carbocycles. The minimum Gasteiger partial charge on any atom is -0.409 e. The molecular formula is C12H21N5O2. The number of nitrogens with two attached hydrogens (primary N) is 1. The Morgan fingerprint density at radius 3 is 2.84 bits per heavy atom. The third-order valence-corrected chi connectivity index (χ3v) is 2.86. The highest BCUT2D eigenvalue weighted by molar-refractivity contribution is 6.07. The molecule has 0 saturated carbocycles. The van der Waals surface area contributed by atoms with Crippen LogP contribution in [0.15, 0.2) is 11.4 Å². The first kappa shape index (κ1) is 15.0. The van der Waals surface area contributed by atoms with Crippen LogP contribution in [0.1, 0.15) is 32.4 Å². The number of aryl methyl sites for hydroxylation is 2. The first-order valence-corrected chi connectivity index (χ1v) is 6.34. The quantitative estimate of drug-likeness (QED) is 0.310. The molecule has 0 radical (unpaired) electrons. The molecule has 4 N–H and O–H groups in total. The number of amidine groups is 1. The predicted molar refractivity (Wildman–Crippen MR) is 73.0 cm³/mol. The molecule has 19 heavy (non-hydrogen) atoms. The van der Waals surface area contributed by atoms with Gasteiger partial charge >= 0.3 is 0 Å². The highest BCUT2D eigenvalue weighted by atomic mass is 16.4. The molecule has 7 nitrogen and oxygen atoms in total. The van der Waals surface area contributed by atoms with Crippen LogP contribution in [-0.4, -0.2) is 26.7 Å². The van der Waals surface area contributed by atoms with Gasteiger partial charge < -0.3 is 16.3 Å². The van der Waals surface area contributed by atoms with Crippen LogP contribution in [0.3, 0.4) is 0 Å². The Balaban J connectivity index is 2.86. The van der Waals surface area contributed by atoms with Crippen molar-refractivity contribution in [3.05, 3.63) is 11.9 Å². The maximum Gasteiger partial charge on any atom is 0.235 e. The molecule has 106 valence electrons. The van der Waals surface area contributed by atoms with Crippen molar-refractivity contribution in [1.29, 1.82) is 0 Å². The zero-order valence-corrected chi connectivity index (χ0v) is 11.6. The van der Waals surface area contributed by atoms with Crippen molar-refractivity contribution in [1.82, 2.24) is 9.78 Å². The molecule has 0 aliphatic rings. The predicted octanol–water partition coefficient (Wildman–Crippen LogP) is 1.08. The number of hydrogen-bond donors (Lipinski definition) is 3. The van der Waals surface area contributed by atoms with E-state index in [4.69, 9.17) is 10.9 Å². The van der Waals surface area contributed by atoms with Gasteiger partial charge in [-0.1, -0.05) is 25.4 Å². The molecule has 1 unspecified atom stereocenters. The van der Waals surface area contributed by atoms with E-state index < -0.39 is 5.92 Å². The largest absolute Gasteiger partial charge is 0.409 e. The molecule has 0 aliphatic heterocycles. The second-order valence-corrected chi connectivity index (χ2v) is 4.37. The highest BCUT2D eigenvalue weighted by Crippen LogP contribution is 2.16. The summed E-state index contributed by atoms with van der Waals surface area (Å²) in [5, 5.41) is 18.7. The van der Waals surface area contributed by atoms with E-state index in [1.165, 1.54) is 0 Å². The summed E-state index contributed by atoms with van der Waals surface area (Å²) in [6, 6.07) is 0. The molecule has 0 bridgehead atoms. The van der Waals surface area contributed by atoms with Crippen molar-refractivity contribution >= 4 is 17.4 Å². The van der Waals surface area contributed by atoms with Crippen molar-refractivity contribution < 1.29 is 10.0 Å². The van der Waals surface area contributed by atoms with Gasteiger partial charge in [-0.3, -0.25) is 9.48 Å². The standard InChI is InChI=1S/C12H21N5O2/c1-4-6-8(11(13)16-19)12(18)14-10-7-17(3)15-9(10)5-2/h7-8,19H,4-6H2,1-3H3,(H2,13,16)(H,14,18). The molecule has 1 rings (SSSR count). The molecule has 0 aromatic carbocycles. The minimum atomic E-state index is -0.625. The lowest BCUT2D eigenvalue weighted by Crippen LogP contribution is -2.34. The van der Waals surface area contributed by atoms with Crippen LogP contribution in [0.2, 0.25) is 0 Å². The fraction of sp³-hybridized carbons (Fsp3) is 0.583. The Kier molecular flexibility index (Phi) is 5.35. The van der Waals surface area contributed by atoms with E-state index in [0.29, 0.717) is 12.1 Å². The molecule has 1 aromatic rings. The number of carbonyl (C=O) groups is 1. The van der Waals surface area contributed by atoms with E-state index in [0.717, 1.165) is 18.5 Å². The maximum absolute atomic E-state index is 12.2. The number of amides is 1. The average Bonchev–Trinajstić information content (AvgIpc) is 2.74. The normalized spacial score (nSPS) is 13.3. The van der Waals surface area contributed by atoms with Crippen LogP contribution in [-0.2, 0) is 18.3 Å².